The minimum atomic E-state index is 0.429. The third-order valence-electron chi connectivity index (χ3n) is 4.60. The van der Waals surface area contributed by atoms with E-state index in [1.54, 1.807) is 11.3 Å². The lowest BCUT2D eigenvalue weighted by Gasteiger charge is -2.09. The van der Waals surface area contributed by atoms with E-state index < -0.39 is 0 Å². The highest BCUT2D eigenvalue weighted by Gasteiger charge is 2.13. The lowest BCUT2D eigenvalue weighted by Crippen LogP contribution is -1.99. The first-order valence-corrected chi connectivity index (χ1v) is 9.92. The summed E-state index contributed by atoms with van der Waals surface area (Å²) in [5.41, 5.74) is 6.09. The summed E-state index contributed by atoms with van der Waals surface area (Å²) in [4.78, 5) is 4.74. The van der Waals surface area contributed by atoms with Gasteiger partial charge in [0.1, 0.15) is 5.01 Å². The molecule has 1 unspecified atom stereocenters. The molecule has 2 aromatic heterocycles. The van der Waals surface area contributed by atoms with Gasteiger partial charge in [0.2, 0.25) is 0 Å². The number of thiazole rings is 1. The quantitative estimate of drug-likeness (QED) is 0.579. The van der Waals surface area contributed by atoms with Crippen molar-refractivity contribution in [2.24, 2.45) is 0 Å². The molecule has 0 aliphatic heterocycles. The number of nitrogens with one attached hydrogen (secondary N) is 1. The molecule has 0 saturated carbocycles. The largest absolute Gasteiger partial charge is 0.282 e. The van der Waals surface area contributed by atoms with Gasteiger partial charge >= 0.3 is 0 Å². The van der Waals surface area contributed by atoms with E-state index in [0.717, 1.165) is 17.1 Å². The van der Waals surface area contributed by atoms with Crippen LogP contribution in [0.15, 0.2) is 35.7 Å². The Balaban J connectivity index is 1.69. The molecule has 3 rings (SSSR count). The Bertz CT molecular complexity index is 812. The van der Waals surface area contributed by atoms with E-state index in [-0.39, 0.29) is 0 Å². The van der Waals surface area contributed by atoms with E-state index in [4.69, 9.17) is 4.98 Å². The van der Waals surface area contributed by atoms with Gasteiger partial charge in [-0.2, -0.15) is 5.10 Å². The number of benzene rings is 1. The third-order valence-corrected chi connectivity index (χ3v) is 5.51. The molecule has 0 spiro atoms. The molecule has 0 fully saturated rings. The third kappa shape index (κ3) is 4.18. The van der Waals surface area contributed by atoms with Crippen molar-refractivity contribution in [3.63, 3.8) is 0 Å². The zero-order valence-corrected chi connectivity index (χ0v) is 16.5. The van der Waals surface area contributed by atoms with Gasteiger partial charge in [0.25, 0.3) is 0 Å². The van der Waals surface area contributed by atoms with Crippen molar-refractivity contribution in [3.8, 4) is 10.6 Å². The van der Waals surface area contributed by atoms with E-state index in [2.05, 4.69) is 80.5 Å². The average molecular weight is 354 g/mol. The Labute approximate surface area is 154 Å². The standard InChI is InChI=1S/C21H27N3S/c1-13(2)18-11-19(24-23-18)15(5)10-16-6-8-17(9-7-16)21-22-20(12-25-21)14(3)4/h6-9,11-15H,10H2,1-5H3,(H,23,24). The van der Waals surface area contributed by atoms with Gasteiger partial charge < -0.3 is 0 Å². The van der Waals surface area contributed by atoms with Gasteiger partial charge in [-0.3, -0.25) is 5.10 Å². The van der Waals surface area contributed by atoms with Gasteiger partial charge in [-0.25, -0.2) is 4.98 Å². The Hall–Kier alpha value is -1.94. The molecule has 25 heavy (non-hydrogen) atoms. The molecule has 0 aliphatic carbocycles. The number of rotatable bonds is 6. The van der Waals surface area contributed by atoms with E-state index in [9.17, 15) is 0 Å². The molecule has 132 valence electrons. The molecule has 3 nitrogen and oxygen atoms in total. The lowest BCUT2D eigenvalue weighted by atomic mass is 9.96. The summed E-state index contributed by atoms with van der Waals surface area (Å²) in [5.74, 6) is 1.37. The lowest BCUT2D eigenvalue weighted by molar-refractivity contribution is 0.724. The second-order valence-corrected chi connectivity index (χ2v) is 8.30. The molecule has 0 aliphatic rings. The summed E-state index contributed by atoms with van der Waals surface area (Å²) in [6.07, 6.45) is 1.01. The number of nitrogens with zero attached hydrogens (tertiary/aromatic N) is 2. The minimum Gasteiger partial charge on any atom is -0.282 e. The molecule has 1 N–H and O–H groups in total. The number of aromatic amines is 1. The monoisotopic (exact) mass is 353 g/mol. The maximum Gasteiger partial charge on any atom is 0.123 e. The Morgan fingerprint density at radius 2 is 1.64 bits per heavy atom. The van der Waals surface area contributed by atoms with Crippen LogP contribution in [-0.2, 0) is 6.42 Å². The molecule has 0 saturated heterocycles. The molecule has 3 aromatic rings. The SMILES string of the molecule is CC(C)c1cc(C(C)Cc2ccc(-c3nc(C(C)C)cs3)cc2)[nH]n1. The number of aromatic nitrogens is 3. The molecule has 0 radical (unpaired) electrons. The van der Waals surface area contributed by atoms with Crippen LogP contribution in [0.2, 0.25) is 0 Å². The summed E-state index contributed by atoms with van der Waals surface area (Å²) in [7, 11) is 0. The maximum absolute atomic E-state index is 4.74. The second kappa shape index (κ2) is 7.52. The second-order valence-electron chi connectivity index (χ2n) is 7.44. The van der Waals surface area contributed by atoms with Crippen molar-refractivity contribution < 1.29 is 0 Å². The predicted molar refractivity (Wildman–Crippen MR) is 106 cm³/mol. The fourth-order valence-corrected chi connectivity index (χ4v) is 3.82. The average Bonchev–Trinajstić information content (AvgIpc) is 3.25. The zero-order valence-electron chi connectivity index (χ0n) is 15.7. The number of hydrogen-bond acceptors (Lipinski definition) is 3. The Morgan fingerprint density at radius 1 is 0.960 bits per heavy atom. The fourth-order valence-electron chi connectivity index (χ4n) is 2.83. The van der Waals surface area contributed by atoms with Gasteiger partial charge in [-0.15, -0.1) is 11.3 Å². The van der Waals surface area contributed by atoms with Gasteiger partial charge in [0.05, 0.1) is 11.4 Å². The molecule has 0 amide bonds. The van der Waals surface area contributed by atoms with Crippen LogP contribution in [0.1, 0.15) is 75.0 Å². The van der Waals surface area contributed by atoms with E-state index >= 15 is 0 Å². The zero-order chi connectivity index (χ0) is 18.0. The molecule has 2 heterocycles. The molecule has 1 atom stereocenters. The van der Waals surface area contributed by atoms with Crippen molar-refractivity contribution in [1.29, 1.82) is 0 Å². The van der Waals surface area contributed by atoms with Gasteiger partial charge in [0, 0.05) is 22.6 Å². The number of hydrogen-bond donors (Lipinski definition) is 1. The first-order chi connectivity index (χ1) is 11.9. The van der Waals surface area contributed by atoms with E-state index in [1.807, 2.05) is 0 Å². The highest BCUT2D eigenvalue weighted by atomic mass is 32.1. The maximum atomic E-state index is 4.74. The van der Waals surface area contributed by atoms with Crippen LogP contribution in [0.25, 0.3) is 10.6 Å². The topological polar surface area (TPSA) is 41.6 Å². The predicted octanol–water partition coefficient (Wildman–Crippen LogP) is 6.13. The van der Waals surface area contributed by atoms with Gasteiger partial charge in [-0.1, -0.05) is 58.9 Å². The molecule has 0 bridgehead atoms. The Morgan fingerprint density at radius 3 is 2.20 bits per heavy atom. The van der Waals surface area contributed by atoms with Crippen LogP contribution in [0, 0.1) is 0 Å². The van der Waals surface area contributed by atoms with E-state index in [0.29, 0.717) is 17.8 Å². The number of H-pyrrole nitrogens is 1. The summed E-state index contributed by atoms with van der Waals surface area (Å²) in [6.45, 7) is 11.0. The van der Waals surface area contributed by atoms with Crippen LogP contribution in [-0.4, -0.2) is 15.2 Å². The molecular weight excluding hydrogens is 326 g/mol. The van der Waals surface area contributed by atoms with Crippen molar-refractivity contribution in [2.45, 2.75) is 58.8 Å². The van der Waals surface area contributed by atoms with Crippen molar-refractivity contribution in [2.75, 3.05) is 0 Å². The molecule has 1 aromatic carbocycles. The van der Waals surface area contributed by atoms with E-state index in [1.165, 1.54) is 22.5 Å². The fraction of sp³-hybridized carbons (Fsp3) is 0.429. The summed E-state index contributed by atoms with van der Waals surface area (Å²) in [6, 6.07) is 11.0. The Kier molecular flexibility index (Phi) is 5.38. The van der Waals surface area contributed by atoms with Crippen molar-refractivity contribution >= 4 is 11.3 Å². The smallest absolute Gasteiger partial charge is 0.123 e. The van der Waals surface area contributed by atoms with Gasteiger partial charge in [-0.05, 0) is 29.9 Å². The van der Waals surface area contributed by atoms with Gasteiger partial charge in [0.15, 0.2) is 0 Å². The summed E-state index contributed by atoms with van der Waals surface area (Å²) < 4.78 is 0. The first-order valence-electron chi connectivity index (χ1n) is 9.04. The first kappa shape index (κ1) is 17.9. The highest BCUT2D eigenvalue weighted by Crippen LogP contribution is 2.28. The van der Waals surface area contributed by atoms with Crippen LogP contribution < -0.4 is 0 Å². The van der Waals surface area contributed by atoms with Crippen LogP contribution in [0.5, 0.6) is 0 Å². The van der Waals surface area contributed by atoms with Crippen LogP contribution >= 0.6 is 11.3 Å². The highest BCUT2D eigenvalue weighted by molar-refractivity contribution is 7.13. The van der Waals surface area contributed by atoms with Crippen LogP contribution in [0.4, 0.5) is 0 Å². The molecular formula is C21H27N3S. The van der Waals surface area contributed by atoms with Crippen LogP contribution in [0.3, 0.4) is 0 Å². The summed E-state index contributed by atoms with van der Waals surface area (Å²) in [5, 5.41) is 10.9. The van der Waals surface area contributed by atoms with Crippen molar-refractivity contribution in [1.82, 2.24) is 15.2 Å². The van der Waals surface area contributed by atoms with Crippen molar-refractivity contribution in [3.05, 3.63) is 58.4 Å². The molecule has 4 heteroatoms. The summed E-state index contributed by atoms with van der Waals surface area (Å²) >= 11 is 1.73. The minimum absolute atomic E-state index is 0.429. The normalized spacial score (nSPS) is 12.9.